The van der Waals surface area contributed by atoms with Crippen LogP contribution >= 0.6 is 0 Å². The number of hydrogen-bond acceptors (Lipinski definition) is 5. The number of anilines is 1. The number of aromatic hydroxyl groups is 1. The summed E-state index contributed by atoms with van der Waals surface area (Å²) in [4.78, 5) is 11.7. The zero-order chi connectivity index (χ0) is 16.7. The number of rotatable bonds is 6. The van der Waals surface area contributed by atoms with Crippen molar-refractivity contribution >= 4 is 17.8 Å². The lowest BCUT2D eigenvalue weighted by Crippen LogP contribution is -2.25. The molecule has 0 saturated heterocycles. The fourth-order valence-corrected chi connectivity index (χ4v) is 1.93. The Balaban J connectivity index is 1.84. The number of aryl methyl sites for hydroxylation is 1. The van der Waals surface area contributed by atoms with Gasteiger partial charge in [-0.2, -0.15) is 5.10 Å². The van der Waals surface area contributed by atoms with E-state index in [0.29, 0.717) is 11.3 Å². The number of hydrogen-bond donors (Lipinski definition) is 3. The van der Waals surface area contributed by atoms with Gasteiger partial charge in [0.05, 0.1) is 19.9 Å². The van der Waals surface area contributed by atoms with E-state index in [4.69, 9.17) is 4.74 Å². The minimum atomic E-state index is -0.256. The summed E-state index contributed by atoms with van der Waals surface area (Å²) in [5, 5.41) is 16.4. The van der Waals surface area contributed by atoms with Crippen molar-refractivity contribution in [1.29, 1.82) is 0 Å². The van der Waals surface area contributed by atoms with E-state index in [1.165, 1.54) is 19.4 Å². The quantitative estimate of drug-likeness (QED) is 0.564. The average molecular weight is 313 g/mol. The first-order chi connectivity index (χ1) is 11.1. The number of methoxy groups -OCH3 is 1. The number of nitrogens with one attached hydrogen (secondary N) is 2. The van der Waals surface area contributed by atoms with E-state index in [-0.39, 0.29) is 18.2 Å². The van der Waals surface area contributed by atoms with E-state index in [0.717, 1.165) is 11.3 Å². The number of amides is 1. The van der Waals surface area contributed by atoms with Crippen molar-refractivity contribution in [1.82, 2.24) is 5.43 Å². The number of ether oxygens (including phenoxy) is 1. The van der Waals surface area contributed by atoms with Gasteiger partial charge in [0.2, 0.25) is 0 Å². The first kappa shape index (κ1) is 16.4. The van der Waals surface area contributed by atoms with E-state index < -0.39 is 0 Å². The SMILES string of the molecule is COc1cc(/C=N/NC(=O)CNc2cccc(C)c2)ccc1O. The fourth-order valence-electron chi connectivity index (χ4n) is 1.93. The molecular weight excluding hydrogens is 294 g/mol. The van der Waals surface area contributed by atoms with E-state index in [1.807, 2.05) is 31.2 Å². The normalized spacial score (nSPS) is 10.5. The van der Waals surface area contributed by atoms with Crippen molar-refractivity contribution in [2.24, 2.45) is 5.10 Å². The molecule has 0 aliphatic rings. The largest absolute Gasteiger partial charge is 0.504 e. The van der Waals surface area contributed by atoms with Crippen molar-refractivity contribution in [3.8, 4) is 11.5 Å². The topological polar surface area (TPSA) is 83.0 Å². The molecule has 3 N–H and O–H groups in total. The first-order valence-electron chi connectivity index (χ1n) is 7.08. The lowest BCUT2D eigenvalue weighted by atomic mass is 10.2. The highest BCUT2D eigenvalue weighted by molar-refractivity contribution is 5.84. The molecule has 0 fully saturated rings. The Hall–Kier alpha value is -3.02. The summed E-state index contributed by atoms with van der Waals surface area (Å²) in [7, 11) is 1.47. The maximum atomic E-state index is 11.7. The van der Waals surface area contributed by atoms with Gasteiger partial charge in [-0.15, -0.1) is 0 Å². The molecule has 6 heteroatoms. The Morgan fingerprint density at radius 1 is 1.30 bits per heavy atom. The lowest BCUT2D eigenvalue weighted by molar-refractivity contribution is -0.119. The Labute approximate surface area is 134 Å². The van der Waals surface area contributed by atoms with Crippen LogP contribution in [-0.2, 0) is 4.79 Å². The summed E-state index contributed by atoms with van der Waals surface area (Å²) in [6, 6.07) is 12.6. The summed E-state index contributed by atoms with van der Waals surface area (Å²) >= 11 is 0. The van der Waals surface area contributed by atoms with Crippen molar-refractivity contribution < 1.29 is 14.6 Å². The second-order valence-corrected chi connectivity index (χ2v) is 4.95. The van der Waals surface area contributed by atoms with Gasteiger partial charge in [-0.25, -0.2) is 5.43 Å². The van der Waals surface area contributed by atoms with Crippen LogP contribution in [-0.4, -0.2) is 30.9 Å². The molecule has 23 heavy (non-hydrogen) atoms. The summed E-state index contributed by atoms with van der Waals surface area (Å²) in [6.07, 6.45) is 1.48. The van der Waals surface area contributed by atoms with Crippen molar-refractivity contribution in [3.05, 3.63) is 53.6 Å². The third-order valence-corrected chi connectivity index (χ3v) is 3.08. The third-order valence-electron chi connectivity index (χ3n) is 3.08. The number of phenolic OH excluding ortho intramolecular Hbond substituents is 1. The summed E-state index contributed by atoms with van der Waals surface area (Å²) in [5.74, 6) is 0.144. The van der Waals surface area contributed by atoms with E-state index >= 15 is 0 Å². The second kappa shape index (κ2) is 7.84. The van der Waals surface area contributed by atoms with Crippen molar-refractivity contribution in [2.45, 2.75) is 6.92 Å². The van der Waals surface area contributed by atoms with Crippen LogP contribution in [0.2, 0.25) is 0 Å². The smallest absolute Gasteiger partial charge is 0.259 e. The number of carbonyl (C=O) groups excluding carboxylic acids is 1. The van der Waals surface area contributed by atoms with Gasteiger partial charge < -0.3 is 15.2 Å². The number of carbonyl (C=O) groups is 1. The molecule has 2 rings (SSSR count). The van der Waals surface area contributed by atoms with Crippen molar-refractivity contribution in [2.75, 3.05) is 19.0 Å². The Morgan fingerprint density at radius 2 is 2.13 bits per heavy atom. The molecule has 2 aromatic rings. The Bertz CT molecular complexity index is 714. The molecule has 0 radical (unpaired) electrons. The van der Waals surface area contributed by atoms with E-state index in [2.05, 4.69) is 15.8 Å². The van der Waals surface area contributed by atoms with Crippen LogP contribution in [0.25, 0.3) is 0 Å². The summed E-state index contributed by atoms with van der Waals surface area (Å²) < 4.78 is 5.00. The molecule has 0 aliphatic heterocycles. The fraction of sp³-hybridized carbons (Fsp3) is 0.176. The third kappa shape index (κ3) is 5.03. The second-order valence-electron chi connectivity index (χ2n) is 4.95. The highest BCUT2D eigenvalue weighted by atomic mass is 16.5. The molecule has 0 spiro atoms. The molecule has 0 saturated carbocycles. The first-order valence-corrected chi connectivity index (χ1v) is 7.08. The molecule has 0 aromatic heterocycles. The van der Waals surface area contributed by atoms with E-state index in [9.17, 15) is 9.90 Å². The molecular formula is C17H19N3O3. The molecule has 2 aromatic carbocycles. The Morgan fingerprint density at radius 3 is 2.87 bits per heavy atom. The summed E-state index contributed by atoms with van der Waals surface area (Å²) in [6.45, 7) is 2.11. The van der Waals surface area contributed by atoms with E-state index in [1.54, 1.807) is 12.1 Å². The van der Waals surface area contributed by atoms with Crippen molar-refractivity contribution in [3.63, 3.8) is 0 Å². The minimum absolute atomic E-state index is 0.0519. The predicted octanol–water partition coefficient (Wildman–Crippen LogP) is 2.27. The minimum Gasteiger partial charge on any atom is -0.504 e. The van der Waals surface area contributed by atoms with Crippen LogP contribution < -0.4 is 15.5 Å². The van der Waals surface area contributed by atoms with Gasteiger partial charge in [-0.1, -0.05) is 12.1 Å². The zero-order valence-corrected chi connectivity index (χ0v) is 13.0. The molecule has 0 aliphatic carbocycles. The predicted molar refractivity (Wildman–Crippen MR) is 90.1 cm³/mol. The number of nitrogens with zero attached hydrogens (tertiary/aromatic N) is 1. The van der Waals surface area contributed by atoms with Crippen LogP contribution in [0.5, 0.6) is 11.5 Å². The Kier molecular flexibility index (Phi) is 5.57. The average Bonchev–Trinajstić information content (AvgIpc) is 2.54. The maximum Gasteiger partial charge on any atom is 0.259 e. The summed E-state index contributed by atoms with van der Waals surface area (Å²) in [5.41, 5.74) is 5.14. The molecule has 0 bridgehead atoms. The molecule has 0 heterocycles. The monoisotopic (exact) mass is 313 g/mol. The van der Waals surface area contributed by atoms with Gasteiger partial charge in [0, 0.05) is 5.69 Å². The van der Waals surface area contributed by atoms with Gasteiger partial charge in [-0.05, 0) is 48.4 Å². The highest BCUT2D eigenvalue weighted by Crippen LogP contribution is 2.25. The highest BCUT2D eigenvalue weighted by Gasteiger charge is 2.02. The lowest BCUT2D eigenvalue weighted by Gasteiger charge is -2.06. The zero-order valence-electron chi connectivity index (χ0n) is 13.0. The van der Waals surface area contributed by atoms with Gasteiger partial charge in [0.1, 0.15) is 0 Å². The van der Waals surface area contributed by atoms with Crippen LogP contribution in [0.4, 0.5) is 5.69 Å². The number of phenols is 1. The standard InChI is InChI=1S/C17H19N3O3/c1-12-4-3-5-14(8-12)18-11-17(22)20-19-10-13-6-7-15(21)16(9-13)23-2/h3-10,18,21H,11H2,1-2H3,(H,20,22)/b19-10+. The van der Waals surface area contributed by atoms with Crippen LogP contribution in [0.1, 0.15) is 11.1 Å². The van der Waals surface area contributed by atoms with Crippen LogP contribution in [0.15, 0.2) is 47.6 Å². The van der Waals surface area contributed by atoms with Crippen LogP contribution in [0.3, 0.4) is 0 Å². The molecule has 120 valence electrons. The number of benzene rings is 2. The number of hydrazone groups is 1. The van der Waals surface area contributed by atoms with Gasteiger partial charge in [-0.3, -0.25) is 4.79 Å². The molecule has 0 unspecified atom stereocenters. The van der Waals surface area contributed by atoms with Gasteiger partial charge >= 0.3 is 0 Å². The molecule has 0 atom stereocenters. The van der Waals surface area contributed by atoms with Gasteiger partial charge in [0.25, 0.3) is 5.91 Å². The maximum absolute atomic E-state index is 11.7. The van der Waals surface area contributed by atoms with Crippen LogP contribution in [0, 0.1) is 6.92 Å². The molecule has 1 amide bonds. The molecule has 6 nitrogen and oxygen atoms in total. The van der Waals surface area contributed by atoms with Gasteiger partial charge in [0.15, 0.2) is 11.5 Å².